The molecule has 0 atom stereocenters. The number of carbonyl (C=O) groups excluding carboxylic acids is 1. The maximum atomic E-state index is 10.1. The molecule has 0 heterocycles. The van der Waals surface area contributed by atoms with Gasteiger partial charge in [-0.1, -0.05) is 54.3 Å². The minimum atomic E-state index is 0.554. The molecule has 2 nitrogen and oxygen atoms in total. The molecule has 1 rings (SSSR count). The molecule has 0 aliphatic heterocycles. The van der Waals surface area contributed by atoms with Crippen LogP contribution in [-0.4, -0.2) is 16.5 Å². The quantitative estimate of drug-likeness (QED) is 0.486. The van der Waals surface area contributed by atoms with Crippen LogP contribution in [0.4, 0.5) is 0 Å². The number of aryl methyl sites for hydroxylation is 1. The maximum absolute atomic E-state index is 10.1. The van der Waals surface area contributed by atoms with Crippen LogP contribution in [0.1, 0.15) is 12.0 Å². The van der Waals surface area contributed by atoms with E-state index in [-0.39, 0.29) is 0 Å². The Labute approximate surface area is 99.4 Å². The Bertz CT molecular complexity index is 314. The van der Waals surface area contributed by atoms with Crippen molar-refractivity contribution < 1.29 is 4.79 Å². The third-order valence-electron chi connectivity index (χ3n) is 1.86. The zero-order valence-electron chi connectivity index (χ0n) is 8.31. The Morgan fingerprint density at radius 2 is 2.13 bits per heavy atom. The Morgan fingerprint density at radius 1 is 1.40 bits per heavy atom. The van der Waals surface area contributed by atoms with E-state index in [0.717, 1.165) is 18.6 Å². The Kier molecular flexibility index (Phi) is 6.04. The number of hydrogen-bond donors (Lipinski definition) is 1. The number of thiocarbonyl (C=S) groups is 1. The van der Waals surface area contributed by atoms with Gasteiger partial charge in [-0.25, -0.2) is 0 Å². The molecule has 0 unspecified atom stereocenters. The van der Waals surface area contributed by atoms with E-state index in [0.29, 0.717) is 10.7 Å². The predicted molar refractivity (Wildman–Crippen MR) is 69.0 cm³/mol. The van der Waals surface area contributed by atoms with E-state index in [1.54, 1.807) is 0 Å². The van der Waals surface area contributed by atoms with Crippen molar-refractivity contribution in [3.05, 3.63) is 35.9 Å². The summed E-state index contributed by atoms with van der Waals surface area (Å²) in [7, 11) is 0. The zero-order chi connectivity index (χ0) is 10.9. The average Bonchev–Trinajstić information content (AvgIpc) is 2.26. The van der Waals surface area contributed by atoms with Crippen molar-refractivity contribution in [1.82, 2.24) is 5.32 Å². The van der Waals surface area contributed by atoms with Crippen LogP contribution in [0.25, 0.3) is 0 Å². The third-order valence-corrected chi connectivity index (χ3v) is 3.21. The number of thioether (sulfide) groups is 1. The first kappa shape index (κ1) is 12.2. The molecule has 4 heteroatoms. The minimum absolute atomic E-state index is 0.554. The highest BCUT2D eigenvalue weighted by Gasteiger charge is 1.96. The van der Waals surface area contributed by atoms with Crippen molar-refractivity contribution in [2.75, 3.05) is 5.75 Å². The van der Waals surface area contributed by atoms with Gasteiger partial charge in [-0.15, -0.1) is 0 Å². The van der Waals surface area contributed by atoms with E-state index in [2.05, 4.69) is 17.4 Å². The fraction of sp³-hybridized carbons (Fsp3) is 0.273. The van der Waals surface area contributed by atoms with Gasteiger partial charge in [0.1, 0.15) is 4.32 Å². The highest BCUT2D eigenvalue weighted by Crippen LogP contribution is 2.08. The van der Waals surface area contributed by atoms with E-state index >= 15 is 0 Å². The van der Waals surface area contributed by atoms with E-state index in [9.17, 15) is 4.79 Å². The molecule has 1 N–H and O–H groups in total. The van der Waals surface area contributed by atoms with Gasteiger partial charge in [0.25, 0.3) is 0 Å². The summed E-state index contributed by atoms with van der Waals surface area (Å²) in [4.78, 5) is 10.1. The summed E-state index contributed by atoms with van der Waals surface area (Å²) in [5.74, 6) is 0.939. The van der Waals surface area contributed by atoms with Gasteiger partial charge in [-0.2, -0.15) is 0 Å². The molecule has 15 heavy (non-hydrogen) atoms. The van der Waals surface area contributed by atoms with Gasteiger partial charge in [-0.3, -0.25) is 4.79 Å². The summed E-state index contributed by atoms with van der Waals surface area (Å²) in [5.41, 5.74) is 1.34. The average molecular weight is 239 g/mol. The molecule has 0 saturated carbocycles. The van der Waals surface area contributed by atoms with Gasteiger partial charge >= 0.3 is 0 Å². The normalized spacial score (nSPS) is 9.60. The Balaban J connectivity index is 2.12. The van der Waals surface area contributed by atoms with Gasteiger partial charge in [0.05, 0.1) is 0 Å². The highest BCUT2D eigenvalue weighted by atomic mass is 32.2. The standard InChI is InChI=1S/C11H13NOS2/c13-9-12-11(14)15-8-4-7-10-5-2-1-3-6-10/h1-3,5-6,9H,4,7-8H2,(H,12,13,14). The molecule has 1 aromatic carbocycles. The van der Waals surface area contributed by atoms with Gasteiger partial charge < -0.3 is 5.32 Å². The second-order valence-corrected chi connectivity index (χ2v) is 4.76. The molecule has 0 radical (unpaired) electrons. The molecular formula is C11H13NOS2. The van der Waals surface area contributed by atoms with Crippen LogP contribution in [0.2, 0.25) is 0 Å². The summed E-state index contributed by atoms with van der Waals surface area (Å²) >= 11 is 6.41. The maximum Gasteiger partial charge on any atom is 0.212 e. The lowest BCUT2D eigenvalue weighted by Gasteiger charge is -2.02. The first-order chi connectivity index (χ1) is 7.33. The molecule has 1 amide bonds. The second kappa shape index (κ2) is 7.43. The second-order valence-electron chi connectivity index (χ2n) is 2.99. The predicted octanol–water partition coefficient (Wildman–Crippen LogP) is 2.38. The summed E-state index contributed by atoms with van der Waals surface area (Å²) in [6, 6.07) is 10.3. The summed E-state index contributed by atoms with van der Waals surface area (Å²) in [6.07, 6.45) is 2.74. The fourth-order valence-electron chi connectivity index (χ4n) is 1.18. The molecule has 80 valence electrons. The van der Waals surface area contributed by atoms with E-state index in [1.807, 2.05) is 18.2 Å². The van der Waals surface area contributed by atoms with Crippen molar-refractivity contribution in [3.63, 3.8) is 0 Å². The first-order valence-corrected chi connectivity index (χ1v) is 6.13. The molecule has 0 aliphatic carbocycles. The van der Waals surface area contributed by atoms with Crippen LogP contribution in [0.3, 0.4) is 0 Å². The van der Waals surface area contributed by atoms with Crippen LogP contribution in [0, 0.1) is 0 Å². The molecule has 0 spiro atoms. The number of amides is 1. The molecule has 0 aromatic heterocycles. The molecule has 0 bridgehead atoms. The van der Waals surface area contributed by atoms with Crippen LogP contribution >= 0.6 is 24.0 Å². The largest absolute Gasteiger partial charge is 0.314 e. The number of nitrogens with one attached hydrogen (secondary N) is 1. The van der Waals surface area contributed by atoms with Gasteiger partial charge in [-0.05, 0) is 18.4 Å². The number of benzene rings is 1. The molecule has 0 saturated heterocycles. The number of hydrogen-bond acceptors (Lipinski definition) is 3. The van der Waals surface area contributed by atoms with Crippen molar-refractivity contribution in [1.29, 1.82) is 0 Å². The smallest absolute Gasteiger partial charge is 0.212 e. The summed E-state index contributed by atoms with van der Waals surface area (Å²) in [5, 5.41) is 2.46. The first-order valence-electron chi connectivity index (χ1n) is 4.74. The molecule has 0 fully saturated rings. The van der Waals surface area contributed by atoms with E-state index in [1.165, 1.54) is 17.3 Å². The number of carbonyl (C=O) groups is 1. The molecule has 0 aliphatic rings. The van der Waals surface area contributed by atoms with Gasteiger partial charge in [0.15, 0.2) is 0 Å². The van der Waals surface area contributed by atoms with Crippen LogP contribution in [0.5, 0.6) is 0 Å². The summed E-state index contributed by atoms with van der Waals surface area (Å²) < 4.78 is 0.554. The van der Waals surface area contributed by atoms with Crippen LogP contribution in [0.15, 0.2) is 30.3 Å². The Hall–Kier alpha value is -0.870. The topological polar surface area (TPSA) is 29.1 Å². The van der Waals surface area contributed by atoms with Crippen LogP contribution in [-0.2, 0) is 11.2 Å². The lowest BCUT2D eigenvalue weighted by atomic mass is 10.1. The fourth-order valence-corrected chi connectivity index (χ4v) is 2.08. The van der Waals surface area contributed by atoms with Crippen molar-refractivity contribution in [2.45, 2.75) is 12.8 Å². The third kappa shape index (κ3) is 5.54. The van der Waals surface area contributed by atoms with E-state index < -0.39 is 0 Å². The van der Waals surface area contributed by atoms with Crippen molar-refractivity contribution in [3.8, 4) is 0 Å². The monoisotopic (exact) mass is 239 g/mol. The zero-order valence-corrected chi connectivity index (χ0v) is 9.94. The molecule has 1 aromatic rings. The SMILES string of the molecule is O=CNC(=S)SCCCc1ccccc1. The summed E-state index contributed by atoms with van der Waals surface area (Å²) in [6.45, 7) is 0. The minimum Gasteiger partial charge on any atom is -0.314 e. The number of rotatable bonds is 5. The van der Waals surface area contributed by atoms with E-state index in [4.69, 9.17) is 12.2 Å². The van der Waals surface area contributed by atoms with Crippen molar-refractivity contribution >= 4 is 34.7 Å². The van der Waals surface area contributed by atoms with Crippen molar-refractivity contribution in [2.24, 2.45) is 0 Å². The highest BCUT2D eigenvalue weighted by molar-refractivity contribution is 8.23. The lowest BCUT2D eigenvalue weighted by Crippen LogP contribution is -2.15. The molecular weight excluding hydrogens is 226 g/mol. The lowest BCUT2D eigenvalue weighted by molar-refractivity contribution is -0.108. The van der Waals surface area contributed by atoms with Gasteiger partial charge in [0, 0.05) is 5.75 Å². The van der Waals surface area contributed by atoms with Crippen LogP contribution < -0.4 is 5.32 Å². The Morgan fingerprint density at radius 3 is 2.80 bits per heavy atom. The van der Waals surface area contributed by atoms with Gasteiger partial charge in [0.2, 0.25) is 6.41 Å².